The number of hydrogen-bond donors (Lipinski definition) is 1. The van der Waals surface area contributed by atoms with Crippen LogP contribution < -0.4 is 0 Å². The number of aromatic nitrogens is 4. The summed E-state index contributed by atoms with van der Waals surface area (Å²) in [5, 5.41) is 19.6. The molecule has 0 amide bonds. The van der Waals surface area contributed by atoms with Gasteiger partial charge in [-0.2, -0.15) is 18.0 Å². The Morgan fingerprint density at radius 3 is 2.67 bits per heavy atom. The fraction of sp³-hybridized carbons (Fsp3) is 0.857. The summed E-state index contributed by atoms with van der Waals surface area (Å²) in [6.45, 7) is -0.705. The van der Waals surface area contributed by atoms with Gasteiger partial charge in [-0.3, -0.25) is 0 Å². The molecule has 2 rings (SSSR count). The molecule has 1 aromatic rings. The molecule has 1 aromatic heterocycles. The summed E-state index contributed by atoms with van der Waals surface area (Å²) in [5.74, 6) is 0.700. The van der Waals surface area contributed by atoms with Gasteiger partial charge in [0.25, 0.3) is 0 Å². The summed E-state index contributed by atoms with van der Waals surface area (Å²) in [6, 6.07) is 0. The molecule has 8 heteroatoms. The normalized spacial score (nSPS) is 19.2. The minimum Gasteiger partial charge on any atom is -0.382 e. The van der Waals surface area contributed by atoms with E-state index < -0.39 is 18.8 Å². The molecule has 5 nitrogen and oxygen atoms in total. The zero-order valence-electron chi connectivity index (χ0n) is 7.65. The fourth-order valence-electron chi connectivity index (χ4n) is 1.10. The van der Waals surface area contributed by atoms with Gasteiger partial charge in [0.05, 0.1) is 6.54 Å². The molecule has 0 saturated heterocycles. The predicted octanol–water partition coefficient (Wildman–Crippen LogP) is 0.474. The molecule has 1 fully saturated rings. The minimum absolute atomic E-state index is 0.238. The Kier molecular flexibility index (Phi) is 2.37. The number of nitrogens with zero attached hydrogens (tertiary/aromatic N) is 4. The molecule has 15 heavy (non-hydrogen) atoms. The van der Waals surface area contributed by atoms with Gasteiger partial charge >= 0.3 is 6.18 Å². The highest BCUT2D eigenvalue weighted by Gasteiger charge is 2.39. The SMILES string of the molecule is O[C@@H](Cn1nnc(C2CC2)n1)C(F)(F)F. The van der Waals surface area contributed by atoms with Crippen LogP contribution in [0.4, 0.5) is 13.2 Å². The number of hydrogen-bond acceptors (Lipinski definition) is 4. The molecular weight excluding hydrogens is 213 g/mol. The van der Waals surface area contributed by atoms with Crippen LogP contribution in [-0.2, 0) is 6.54 Å². The third kappa shape index (κ3) is 2.44. The summed E-state index contributed by atoms with van der Waals surface area (Å²) >= 11 is 0. The van der Waals surface area contributed by atoms with Crippen molar-refractivity contribution in [3.63, 3.8) is 0 Å². The Hall–Kier alpha value is -1.18. The number of aliphatic hydroxyl groups excluding tert-OH is 1. The summed E-state index contributed by atoms with van der Waals surface area (Å²) in [6.07, 6.45) is -5.19. The van der Waals surface area contributed by atoms with Gasteiger partial charge < -0.3 is 5.11 Å². The maximum atomic E-state index is 12.0. The van der Waals surface area contributed by atoms with Crippen molar-refractivity contribution in [3.8, 4) is 0 Å². The van der Waals surface area contributed by atoms with Gasteiger partial charge in [-0.25, -0.2) is 0 Å². The van der Waals surface area contributed by atoms with Gasteiger partial charge in [0.2, 0.25) is 0 Å². The quantitative estimate of drug-likeness (QED) is 0.807. The van der Waals surface area contributed by atoms with Gasteiger partial charge in [0.15, 0.2) is 11.9 Å². The van der Waals surface area contributed by atoms with Crippen LogP contribution in [0, 0.1) is 0 Å². The average molecular weight is 222 g/mol. The van der Waals surface area contributed by atoms with Crippen LogP contribution in [0.5, 0.6) is 0 Å². The van der Waals surface area contributed by atoms with Gasteiger partial charge in [-0.1, -0.05) is 0 Å². The first-order chi connectivity index (χ1) is 6.97. The zero-order chi connectivity index (χ0) is 11.1. The third-order valence-electron chi connectivity index (χ3n) is 2.12. The molecule has 0 bridgehead atoms. The van der Waals surface area contributed by atoms with E-state index in [9.17, 15) is 13.2 Å². The number of halogens is 3. The molecule has 0 radical (unpaired) electrons. The lowest BCUT2D eigenvalue weighted by molar-refractivity contribution is -0.208. The van der Waals surface area contributed by atoms with Gasteiger partial charge in [0.1, 0.15) is 0 Å². The minimum atomic E-state index is -4.65. The zero-order valence-corrected chi connectivity index (χ0v) is 7.65. The molecule has 84 valence electrons. The molecule has 1 saturated carbocycles. The molecule has 1 aliphatic rings. The maximum absolute atomic E-state index is 12.0. The van der Waals surface area contributed by atoms with Crippen LogP contribution in [-0.4, -0.2) is 37.6 Å². The van der Waals surface area contributed by atoms with Crippen LogP contribution in [0.1, 0.15) is 24.6 Å². The summed E-state index contributed by atoms with van der Waals surface area (Å²) in [4.78, 5) is 0.784. The van der Waals surface area contributed by atoms with E-state index in [2.05, 4.69) is 15.4 Å². The molecule has 0 spiro atoms. The Morgan fingerprint density at radius 2 is 2.13 bits per heavy atom. The van der Waals surface area contributed by atoms with Crippen molar-refractivity contribution in [3.05, 3.63) is 5.82 Å². The van der Waals surface area contributed by atoms with E-state index in [1.165, 1.54) is 0 Å². The monoisotopic (exact) mass is 222 g/mol. The second kappa shape index (κ2) is 3.44. The lowest BCUT2D eigenvalue weighted by Gasteiger charge is -2.12. The van der Waals surface area contributed by atoms with E-state index in [4.69, 9.17) is 5.11 Å². The summed E-state index contributed by atoms with van der Waals surface area (Å²) < 4.78 is 35.9. The van der Waals surface area contributed by atoms with Crippen molar-refractivity contribution in [2.24, 2.45) is 0 Å². The smallest absolute Gasteiger partial charge is 0.382 e. The Morgan fingerprint density at radius 1 is 1.47 bits per heavy atom. The second-order valence-corrected chi connectivity index (χ2v) is 3.53. The molecule has 1 atom stereocenters. The highest BCUT2D eigenvalue weighted by molar-refractivity contribution is 5.00. The highest BCUT2D eigenvalue weighted by Crippen LogP contribution is 2.37. The van der Waals surface area contributed by atoms with Crippen LogP contribution in [0.15, 0.2) is 0 Å². The molecular formula is C7H9F3N4O. The van der Waals surface area contributed by atoms with Crippen molar-refractivity contribution >= 4 is 0 Å². The first-order valence-electron chi connectivity index (χ1n) is 4.49. The Balaban J connectivity index is 1.98. The van der Waals surface area contributed by atoms with E-state index >= 15 is 0 Å². The van der Waals surface area contributed by atoms with E-state index in [1.807, 2.05) is 0 Å². The second-order valence-electron chi connectivity index (χ2n) is 3.53. The molecule has 1 heterocycles. The number of aliphatic hydroxyl groups is 1. The van der Waals surface area contributed by atoms with Crippen molar-refractivity contribution in [2.45, 2.75) is 37.6 Å². The van der Waals surface area contributed by atoms with Crippen molar-refractivity contribution in [2.75, 3.05) is 0 Å². The van der Waals surface area contributed by atoms with E-state index in [0.717, 1.165) is 17.6 Å². The van der Waals surface area contributed by atoms with Crippen molar-refractivity contribution < 1.29 is 18.3 Å². The number of rotatable bonds is 3. The van der Waals surface area contributed by atoms with E-state index in [1.54, 1.807) is 0 Å². The standard InChI is InChI=1S/C7H9F3N4O/c8-7(9,10)5(15)3-14-12-6(11-13-14)4-1-2-4/h4-5,15H,1-3H2/t5-/m0/s1. The summed E-state index contributed by atoms with van der Waals surface area (Å²) in [7, 11) is 0. The highest BCUT2D eigenvalue weighted by atomic mass is 19.4. The van der Waals surface area contributed by atoms with Crippen LogP contribution in [0.3, 0.4) is 0 Å². The fourth-order valence-corrected chi connectivity index (χ4v) is 1.10. The molecule has 0 unspecified atom stereocenters. The van der Waals surface area contributed by atoms with Crippen LogP contribution in [0.2, 0.25) is 0 Å². The molecule has 1 aliphatic carbocycles. The number of alkyl halides is 3. The third-order valence-corrected chi connectivity index (χ3v) is 2.12. The molecule has 0 aromatic carbocycles. The molecule has 0 aliphatic heterocycles. The largest absolute Gasteiger partial charge is 0.416 e. The maximum Gasteiger partial charge on any atom is 0.416 e. The Labute approximate surface area is 82.9 Å². The topological polar surface area (TPSA) is 63.8 Å². The van der Waals surface area contributed by atoms with Gasteiger partial charge in [0, 0.05) is 5.92 Å². The lowest BCUT2D eigenvalue weighted by Crippen LogP contribution is -2.33. The van der Waals surface area contributed by atoms with E-state index in [-0.39, 0.29) is 5.92 Å². The Bertz CT molecular complexity index is 346. The summed E-state index contributed by atoms with van der Waals surface area (Å²) in [5.41, 5.74) is 0. The van der Waals surface area contributed by atoms with Crippen LogP contribution in [0.25, 0.3) is 0 Å². The first-order valence-corrected chi connectivity index (χ1v) is 4.49. The van der Waals surface area contributed by atoms with Crippen molar-refractivity contribution in [1.82, 2.24) is 20.2 Å². The first kappa shape index (κ1) is 10.3. The van der Waals surface area contributed by atoms with Gasteiger partial charge in [-0.15, -0.1) is 10.2 Å². The van der Waals surface area contributed by atoms with Gasteiger partial charge in [-0.05, 0) is 18.1 Å². The lowest BCUT2D eigenvalue weighted by atomic mass is 10.3. The predicted molar refractivity (Wildman–Crippen MR) is 41.9 cm³/mol. The van der Waals surface area contributed by atoms with E-state index in [0.29, 0.717) is 5.82 Å². The van der Waals surface area contributed by atoms with Crippen molar-refractivity contribution in [1.29, 1.82) is 0 Å². The average Bonchev–Trinajstić information content (AvgIpc) is 2.87. The number of tetrazole rings is 1. The molecule has 1 N–H and O–H groups in total. The van der Waals surface area contributed by atoms with Crippen LogP contribution >= 0.6 is 0 Å².